The number of carbonyl (C=O) groups excluding carboxylic acids is 1. The number of hydrogen-bond donors (Lipinski definition) is 1. The minimum atomic E-state index is 0.0764. The highest BCUT2D eigenvalue weighted by atomic mass is 16.2. The van der Waals surface area contributed by atoms with E-state index >= 15 is 0 Å². The SMILES string of the molecule is Cc1cccc(CN2CCN(C(=O)c3cccc(N)c3)CC2)c1. The zero-order chi connectivity index (χ0) is 16.2. The smallest absolute Gasteiger partial charge is 0.254 e. The summed E-state index contributed by atoms with van der Waals surface area (Å²) < 4.78 is 0. The number of amides is 1. The van der Waals surface area contributed by atoms with Gasteiger partial charge in [0.15, 0.2) is 0 Å². The van der Waals surface area contributed by atoms with Crippen molar-refractivity contribution in [2.24, 2.45) is 0 Å². The predicted molar refractivity (Wildman–Crippen MR) is 93.2 cm³/mol. The van der Waals surface area contributed by atoms with Crippen molar-refractivity contribution in [3.63, 3.8) is 0 Å². The lowest BCUT2D eigenvalue weighted by Gasteiger charge is -2.34. The zero-order valence-corrected chi connectivity index (χ0v) is 13.5. The Morgan fingerprint density at radius 3 is 2.48 bits per heavy atom. The van der Waals surface area contributed by atoms with E-state index in [1.54, 1.807) is 12.1 Å². The molecule has 2 N–H and O–H groups in total. The van der Waals surface area contributed by atoms with Gasteiger partial charge in [-0.2, -0.15) is 0 Å². The van der Waals surface area contributed by atoms with Crippen LogP contribution in [0, 0.1) is 6.92 Å². The van der Waals surface area contributed by atoms with Crippen molar-refractivity contribution < 1.29 is 4.79 Å². The van der Waals surface area contributed by atoms with Gasteiger partial charge >= 0.3 is 0 Å². The van der Waals surface area contributed by atoms with Gasteiger partial charge in [0, 0.05) is 44.0 Å². The Morgan fingerprint density at radius 2 is 1.78 bits per heavy atom. The van der Waals surface area contributed by atoms with E-state index in [1.165, 1.54) is 11.1 Å². The van der Waals surface area contributed by atoms with Gasteiger partial charge in [-0.15, -0.1) is 0 Å². The number of nitrogens with two attached hydrogens (primary N) is 1. The Morgan fingerprint density at radius 1 is 1.04 bits per heavy atom. The highest BCUT2D eigenvalue weighted by Gasteiger charge is 2.22. The van der Waals surface area contributed by atoms with E-state index in [0.717, 1.165) is 32.7 Å². The van der Waals surface area contributed by atoms with Gasteiger partial charge in [-0.1, -0.05) is 35.9 Å². The summed E-state index contributed by atoms with van der Waals surface area (Å²) in [6.45, 7) is 6.40. The van der Waals surface area contributed by atoms with Crippen LogP contribution in [0.2, 0.25) is 0 Å². The highest BCUT2D eigenvalue weighted by molar-refractivity contribution is 5.95. The molecule has 4 nitrogen and oxygen atoms in total. The fourth-order valence-electron chi connectivity index (χ4n) is 3.03. The first-order valence-electron chi connectivity index (χ1n) is 8.04. The average molecular weight is 309 g/mol. The third-order valence-corrected chi connectivity index (χ3v) is 4.28. The number of nitrogen functional groups attached to an aromatic ring is 1. The van der Waals surface area contributed by atoms with Crippen molar-refractivity contribution in [1.29, 1.82) is 0 Å². The van der Waals surface area contributed by atoms with Crippen LogP contribution in [0.25, 0.3) is 0 Å². The number of rotatable bonds is 3. The van der Waals surface area contributed by atoms with Crippen molar-refractivity contribution in [2.45, 2.75) is 13.5 Å². The molecule has 120 valence electrons. The maximum absolute atomic E-state index is 12.5. The Hall–Kier alpha value is -2.33. The maximum atomic E-state index is 12.5. The summed E-state index contributed by atoms with van der Waals surface area (Å²) >= 11 is 0. The molecule has 1 saturated heterocycles. The Bertz CT molecular complexity index is 691. The molecule has 23 heavy (non-hydrogen) atoms. The summed E-state index contributed by atoms with van der Waals surface area (Å²) in [6.07, 6.45) is 0. The summed E-state index contributed by atoms with van der Waals surface area (Å²) in [5.74, 6) is 0.0764. The summed E-state index contributed by atoms with van der Waals surface area (Å²) in [5, 5.41) is 0. The van der Waals surface area contributed by atoms with Gasteiger partial charge in [0.25, 0.3) is 5.91 Å². The fourth-order valence-corrected chi connectivity index (χ4v) is 3.03. The highest BCUT2D eigenvalue weighted by Crippen LogP contribution is 2.14. The second kappa shape index (κ2) is 6.84. The van der Waals surface area contributed by atoms with Crippen molar-refractivity contribution in [1.82, 2.24) is 9.80 Å². The Labute approximate surface area is 137 Å². The first-order valence-corrected chi connectivity index (χ1v) is 8.04. The Kier molecular flexibility index (Phi) is 4.63. The van der Waals surface area contributed by atoms with Gasteiger partial charge in [-0.25, -0.2) is 0 Å². The van der Waals surface area contributed by atoms with Crippen LogP contribution in [0.4, 0.5) is 5.69 Å². The van der Waals surface area contributed by atoms with E-state index in [0.29, 0.717) is 11.3 Å². The van der Waals surface area contributed by atoms with Crippen LogP contribution in [-0.2, 0) is 6.54 Å². The fraction of sp³-hybridized carbons (Fsp3) is 0.316. The van der Waals surface area contributed by atoms with E-state index in [9.17, 15) is 4.79 Å². The molecule has 4 heteroatoms. The molecule has 0 saturated carbocycles. The standard InChI is InChI=1S/C19H23N3O/c1-15-4-2-5-16(12-15)14-21-8-10-22(11-9-21)19(23)17-6-3-7-18(20)13-17/h2-7,12-13H,8-11,14,20H2,1H3. The zero-order valence-electron chi connectivity index (χ0n) is 13.5. The van der Waals surface area contributed by atoms with Gasteiger partial charge in [0.2, 0.25) is 0 Å². The molecule has 0 aliphatic carbocycles. The second-order valence-corrected chi connectivity index (χ2v) is 6.18. The number of anilines is 1. The molecule has 1 heterocycles. The normalized spacial score (nSPS) is 15.6. The number of benzene rings is 2. The predicted octanol–water partition coefficient (Wildman–Crippen LogP) is 2.54. The molecule has 1 aliphatic rings. The molecule has 0 unspecified atom stereocenters. The molecule has 1 amide bonds. The van der Waals surface area contributed by atoms with Crippen molar-refractivity contribution >= 4 is 11.6 Å². The quantitative estimate of drug-likeness (QED) is 0.887. The van der Waals surface area contributed by atoms with E-state index in [1.807, 2.05) is 17.0 Å². The van der Waals surface area contributed by atoms with Crippen LogP contribution in [0.15, 0.2) is 48.5 Å². The number of hydrogen-bond acceptors (Lipinski definition) is 3. The largest absolute Gasteiger partial charge is 0.399 e. The molecule has 0 atom stereocenters. The van der Waals surface area contributed by atoms with Gasteiger partial charge in [-0.05, 0) is 30.7 Å². The van der Waals surface area contributed by atoms with Crippen LogP contribution in [0.5, 0.6) is 0 Å². The lowest BCUT2D eigenvalue weighted by atomic mass is 10.1. The van der Waals surface area contributed by atoms with E-state index < -0.39 is 0 Å². The first kappa shape index (κ1) is 15.6. The molecule has 0 aromatic heterocycles. The molecule has 0 spiro atoms. The van der Waals surface area contributed by atoms with Crippen LogP contribution in [0.1, 0.15) is 21.5 Å². The number of piperazine rings is 1. The lowest BCUT2D eigenvalue weighted by Crippen LogP contribution is -2.48. The van der Waals surface area contributed by atoms with E-state index in [4.69, 9.17) is 5.73 Å². The average Bonchev–Trinajstić information content (AvgIpc) is 2.55. The minimum Gasteiger partial charge on any atom is -0.399 e. The van der Waals surface area contributed by atoms with E-state index in [2.05, 4.69) is 36.1 Å². The molecular formula is C19H23N3O. The maximum Gasteiger partial charge on any atom is 0.254 e. The molecule has 0 bridgehead atoms. The monoisotopic (exact) mass is 309 g/mol. The lowest BCUT2D eigenvalue weighted by molar-refractivity contribution is 0.0628. The molecule has 1 aliphatic heterocycles. The van der Waals surface area contributed by atoms with Gasteiger partial charge in [0.1, 0.15) is 0 Å². The first-order chi connectivity index (χ1) is 11.1. The van der Waals surface area contributed by atoms with Gasteiger partial charge in [-0.3, -0.25) is 9.69 Å². The van der Waals surface area contributed by atoms with Crippen LogP contribution >= 0.6 is 0 Å². The molecule has 1 fully saturated rings. The Balaban J connectivity index is 1.57. The topological polar surface area (TPSA) is 49.6 Å². The van der Waals surface area contributed by atoms with Crippen LogP contribution in [-0.4, -0.2) is 41.9 Å². The van der Waals surface area contributed by atoms with Crippen LogP contribution in [0.3, 0.4) is 0 Å². The number of carbonyl (C=O) groups is 1. The third-order valence-electron chi connectivity index (χ3n) is 4.28. The molecular weight excluding hydrogens is 286 g/mol. The van der Waals surface area contributed by atoms with Crippen molar-refractivity contribution in [3.05, 3.63) is 65.2 Å². The summed E-state index contributed by atoms with van der Waals surface area (Å²) in [7, 11) is 0. The van der Waals surface area contributed by atoms with Crippen LogP contribution < -0.4 is 5.73 Å². The number of nitrogens with zero attached hydrogens (tertiary/aromatic N) is 2. The third kappa shape index (κ3) is 3.90. The minimum absolute atomic E-state index is 0.0764. The van der Waals surface area contributed by atoms with Crippen molar-refractivity contribution in [3.8, 4) is 0 Å². The molecule has 2 aromatic rings. The summed E-state index contributed by atoms with van der Waals surface area (Å²) in [4.78, 5) is 16.8. The second-order valence-electron chi connectivity index (χ2n) is 6.18. The summed E-state index contributed by atoms with van der Waals surface area (Å²) in [6, 6.07) is 15.8. The summed E-state index contributed by atoms with van der Waals surface area (Å²) in [5.41, 5.74) is 9.70. The molecule has 0 radical (unpaired) electrons. The van der Waals surface area contributed by atoms with Crippen molar-refractivity contribution in [2.75, 3.05) is 31.9 Å². The van der Waals surface area contributed by atoms with Gasteiger partial charge in [0.05, 0.1) is 0 Å². The van der Waals surface area contributed by atoms with E-state index in [-0.39, 0.29) is 5.91 Å². The molecule has 2 aromatic carbocycles. The number of aryl methyl sites for hydroxylation is 1. The van der Waals surface area contributed by atoms with Gasteiger partial charge < -0.3 is 10.6 Å². The molecule has 3 rings (SSSR count).